The highest BCUT2D eigenvalue weighted by Crippen LogP contribution is 2.24. The Labute approximate surface area is 137 Å². The van der Waals surface area contributed by atoms with Crippen molar-refractivity contribution in [3.63, 3.8) is 0 Å². The van der Waals surface area contributed by atoms with Crippen LogP contribution in [-0.2, 0) is 13.6 Å². The lowest BCUT2D eigenvalue weighted by atomic mass is 10.1. The Morgan fingerprint density at radius 2 is 1.90 bits per heavy atom. The summed E-state index contributed by atoms with van der Waals surface area (Å²) in [6.07, 6.45) is 0. The van der Waals surface area contributed by atoms with Gasteiger partial charge in [0.2, 0.25) is 0 Å². The molecule has 0 saturated heterocycles. The standard InChI is InChI=1S/C16H15BrClN3/c1-10-16(18)15(21(2)20-10)9-19-14-6-4-11-7-13(17)5-3-12(11)8-14/h3-8,19H,9H2,1-2H3. The fraction of sp³-hybridized carbons (Fsp3) is 0.188. The topological polar surface area (TPSA) is 29.9 Å². The molecule has 1 aromatic heterocycles. The average Bonchev–Trinajstić information content (AvgIpc) is 2.70. The van der Waals surface area contributed by atoms with E-state index in [0.717, 1.165) is 26.6 Å². The van der Waals surface area contributed by atoms with Crippen LogP contribution in [-0.4, -0.2) is 9.78 Å². The molecule has 0 aliphatic heterocycles. The molecule has 0 bridgehead atoms. The fourth-order valence-corrected chi connectivity index (χ4v) is 2.99. The van der Waals surface area contributed by atoms with Gasteiger partial charge in [0, 0.05) is 17.2 Å². The number of aryl methyl sites for hydroxylation is 2. The van der Waals surface area contributed by atoms with Gasteiger partial charge in [-0.2, -0.15) is 5.10 Å². The molecule has 0 aliphatic rings. The third kappa shape index (κ3) is 2.92. The van der Waals surface area contributed by atoms with Crippen molar-refractivity contribution >= 4 is 44.0 Å². The largest absolute Gasteiger partial charge is 0.379 e. The van der Waals surface area contributed by atoms with E-state index in [1.54, 1.807) is 0 Å². The Kier molecular flexibility index (Phi) is 3.91. The summed E-state index contributed by atoms with van der Waals surface area (Å²) < 4.78 is 2.91. The minimum atomic E-state index is 0.651. The first kappa shape index (κ1) is 14.4. The Balaban J connectivity index is 1.83. The summed E-state index contributed by atoms with van der Waals surface area (Å²) in [6.45, 7) is 2.57. The van der Waals surface area contributed by atoms with Gasteiger partial charge >= 0.3 is 0 Å². The van der Waals surface area contributed by atoms with E-state index in [4.69, 9.17) is 11.6 Å². The van der Waals surface area contributed by atoms with Gasteiger partial charge in [0.1, 0.15) is 0 Å². The summed E-state index contributed by atoms with van der Waals surface area (Å²) in [6, 6.07) is 12.6. The van der Waals surface area contributed by atoms with E-state index in [1.165, 1.54) is 10.8 Å². The molecule has 3 nitrogen and oxygen atoms in total. The highest BCUT2D eigenvalue weighted by molar-refractivity contribution is 9.10. The molecule has 0 saturated carbocycles. The molecule has 108 valence electrons. The molecular formula is C16H15BrClN3. The maximum Gasteiger partial charge on any atom is 0.0865 e. The molecule has 0 unspecified atom stereocenters. The third-order valence-corrected chi connectivity index (χ3v) is 4.51. The van der Waals surface area contributed by atoms with Crippen LogP contribution in [0.5, 0.6) is 0 Å². The first-order chi connectivity index (χ1) is 10.0. The maximum atomic E-state index is 6.26. The van der Waals surface area contributed by atoms with Gasteiger partial charge in [-0.3, -0.25) is 4.68 Å². The zero-order valence-electron chi connectivity index (χ0n) is 11.8. The van der Waals surface area contributed by atoms with E-state index >= 15 is 0 Å². The first-order valence-corrected chi connectivity index (χ1v) is 7.83. The normalized spacial score (nSPS) is 11.0. The Hall–Kier alpha value is -1.52. The molecule has 1 heterocycles. The van der Waals surface area contributed by atoms with Crippen LogP contribution in [0.4, 0.5) is 5.69 Å². The van der Waals surface area contributed by atoms with E-state index in [2.05, 4.69) is 56.7 Å². The second-order valence-electron chi connectivity index (χ2n) is 5.03. The van der Waals surface area contributed by atoms with Crippen molar-refractivity contribution in [1.29, 1.82) is 0 Å². The van der Waals surface area contributed by atoms with Gasteiger partial charge in [-0.15, -0.1) is 0 Å². The zero-order valence-corrected chi connectivity index (χ0v) is 14.2. The smallest absolute Gasteiger partial charge is 0.0865 e. The summed E-state index contributed by atoms with van der Waals surface area (Å²) in [5, 5.41) is 10.9. The molecule has 3 rings (SSSR count). The Bertz CT molecular complexity index is 811. The van der Waals surface area contributed by atoms with Crippen molar-refractivity contribution in [1.82, 2.24) is 9.78 Å². The van der Waals surface area contributed by atoms with Crippen LogP contribution in [0.15, 0.2) is 40.9 Å². The lowest BCUT2D eigenvalue weighted by molar-refractivity contribution is 0.713. The highest BCUT2D eigenvalue weighted by atomic mass is 79.9. The van der Waals surface area contributed by atoms with Crippen LogP contribution in [0, 0.1) is 6.92 Å². The van der Waals surface area contributed by atoms with Crippen molar-refractivity contribution in [3.8, 4) is 0 Å². The van der Waals surface area contributed by atoms with Gasteiger partial charge in [0.25, 0.3) is 0 Å². The van der Waals surface area contributed by atoms with Crippen molar-refractivity contribution in [3.05, 3.63) is 57.3 Å². The molecule has 3 aromatic rings. The Morgan fingerprint density at radius 1 is 1.19 bits per heavy atom. The van der Waals surface area contributed by atoms with Crippen LogP contribution < -0.4 is 5.32 Å². The molecule has 21 heavy (non-hydrogen) atoms. The summed E-state index contributed by atoms with van der Waals surface area (Å²) >= 11 is 9.75. The number of benzene rings is 2. The molecule has 0 atom stereocenters. The number of fused-ring (bicyclic) bond motifs is 1. The maximum absolute atomic E-state index is 6.26. The SMILES string of the molecule is Cc1nn(C)c(CNc2ccc3cc(Br)ccc3c2)c1Cl. The highest BCUT2D eigenvalue weighted by Gasteiger charge is 2.10. The summed E-state index contributed by atoms with van der Waals surface area (Å²) in [5.74, 6) is 0. The van der Waals surface area contributed by atoms with E-state index in [0.29, 0.717) is 6.54 Å². The van der Waals surface area contributed by atoms with Gasteiger partial charge in [0.05, 0.1) is 23.0 Å². The van der Waals surface area contributed by atoms with Crippen LogP contribution in [0.3, 0.4) is 0 Å². The first-order valence-electron chi connectivity index (χ1n) is 6.66. The van der Waals surface area contributed by atoms with Crippen LogP contribution in [0.1, 0.15) is 11.4 Å². The second-order valence-corrected chi connectivity index (χ2v) is 6.32. The lowest BCUT2D eigenvalue weighted by Crippen LogP contribution is -2.05. The van der Waals surface area contributed by atoms with E-state index < -0.39 is 0 Å². The molecule has 0 radical (unpaired) electrons. The fourth-order valence-electron chi connectivity index (χ4n) is 2.38. The minimum absolute atomic E-state index is 0.651. The molecule has 0 fully saturated rings. The molecule has 2 aromatic carbocycles. The second kappa shape index (κ2) is 5.70. The molecule has 0 spiro atoms. The van der Waals surface area contributed by atoms with Crippen molar-refractivity contribution < 1.29 is 0 Å². The van der Waals surface area contributed by atoms with Gasteiger partial charge in [-0.25, -0.2) is 0 Å². The number of halogens is 2. The van der Waals surface area contributed by atoms with Gasteiger partial charge in [-0.1, -0.05) is 39.7 Å². The van der Waals surface area contributed by atoms with Crippen LogP contribution in [0.2, 0.25) is 5.02 Å². The predicted octanol–water partition coefficient (Wildman–Crippen LogP) is 4.91. The summed E-state index contributed by atoms with van der Waals surface area (Å²) in [7, 11) is 1.91. The van der Waals surface area contributed by atoms with Crippen molar-refractivity contribution in [2.75, 3.05) is 5.32 Å². The number of hydrogen-bond donors (Lipinski definition) is 1. The average molecular weight is 365 g/mol. The number of nitrogens with zero attached hydrogens (tertiary/aromatic N) is 2. The molecule has 0 amide bonds. The summed E-state index contributed by atoms with van der Waals surface area (Å²) in [5.41, 5.74) is 2.92. The Morgan fingerprint density at radius 3 is 2.62 bits per heavy atom. The number of hydrogen-bond acceptors (Lipinski definition) is 2. The quantitative estimate of drug-likeness (QED) is 0.715. The van der Waals surface area contributed by atoms with Gasteiger partial charge < -0.3 is 5.32 Å². The number of anilines is 1. The van der Waals surface area contributed by atoms with E-state index in [-0.39, 0.29) is 0 Å². The zero-order chi connectivity index (χ0) is 15.0. The third-order valence-electron chi connectivity index (χ3n) is 3.52. The van der Waals surface area contributed by atoms with Gasteiger partial charge in [0.15, 0.2) is 0 Å². The van der Waals surface area contributed by atoms with Crippen molar-refractivity contribution in [2.45, 2.75) is 13.5 Å². The molecular weight excluding hydrogens is 350 g/mol. The van der Waals surface area contributed by atoms with Gasteiger partial charge in [-0.05, 0) is 42.0 Å². The molecule has 0 aliphatic carbocycles. The summed E-state index contributed by atoms with van der Waals surface area (Å²) in [4.78, 5) is 0. The van der Waals surface area contributed by atoms with Crippen LogP contribution >= 0.6 is 27.5 Å². The monoisotopic (exact) mass is 363 g/mol. The number of nitrogens with one attached hydrogen (secondary N) is 1. The number of rotatable bonds is 3. The molecule has 1 N–H and O–H groups in total. The predicted molar refractivity (Wildman–Crippen MR) is 91.9 cm³/mol. The van der Waals surface area contributed by atoms with Crippen LogP contribution in [0.25, 0.3) is 10.8 Å². The number of aromatic nitrogens is 2. The molecule has 5 heteroatoms. The lowest BCUT2D eigenvalue weighted by Gasteiger charge is -2.09. The van der Waals surface area contributed by atoms with E-state index in [9.17, 15) is 0 Å². The van der Waals surface area contributed by atoms with E-state index in [1.807, 2.05) is 24.7 Å². The minimum Gasteiger partial charge on any atom is -0.379 e. The van der Waals surface area contributed by atoms with Crippen molar-refractivity contribution in [2.24, 2.45) is 7.05 Å².